The summed E-state index contributed by atoms with van der Waals surface area (Å²) in [5, 5.41) is 0. The topological polar surface area (TPSA) is 46.3 Å². The quantitative estimate of drug-likeness (QED) is 0.735. The Kier molecular flexibility index (Phi) is 7.44. The van der Waals surface area contributed by atoms with Gasteiger partial charge in [-0.2, -0.15) is 0 Å². The van der Waals surface area contributed by atoms with Gasteiger partial charge in [-0.25, -0.2) is 0 Å². The van der Waals surface area contributed by atoms with E-state index in [0.717, 1.165) is 25.8 Å². The van der Waals surface area contributed by atoms with Crippen molar-refractivity contribution in [3.8, 4) is 0 Å². The zero-order valence-corrected chi connectivity index (χ0v) is 13.0. The maximum atomic E-state index is 12.7. The number of nitrogens with zero attached hydrogens (tertiary/aromatic N) is 1. The van der Waals surface area contributed by atoms with E-state index < -0.39 is 0 Å². The van der Waals surface area contributed by atoms with Crippen LogP contribution in [0.15, 0.2) is 0 Å². The number of carbonyl (C=O) groups excluding carboxylic acids is 1. The van der Waals surface area contributed by atoms with Crippen molar-refractivity contribution in [1.29, 1.82) is 0 Å². The highest BCUT2D eigenvalue weighted by Gasteiger charge is 2.30. The molecule has 112 valence electrons. The van der Waals surface area contributed by atoms with Gasteiger partial charge in [-0.3, -0.25) is 4.79 Å². The predicted octanol–water partition coefficient (Wildman–Crippen LogP) is 3.18. The van der Waals surface area contributed by atoms with Crippen molar-refractivity contribution < 1.29 is 4.79 Å². The van der Waals surface area contributed by atoms with Gasteiger partial charge in [-0.15, -0.1) is 0 Å². The van der Waals surface area contributed by atoms with Crippen molar-refractivity contribution in [2.45, 2.75) is 71.8 Å². The van der Waals surface area contributed by atoms with Gasteiger partial charge < -0.3 is 10.6 Å². The molecule has 0 aromatic rings. The molecule has 0 saturated heterocycles. The van der Waals surface area contributed by atoms with E-state index >= 15 is 0 Å². The zero-order valence-electron chi connectivity index (χ0n) is 13.0. The highest BCUT2D eigenvalue weighted by Crippen LogP contribution is 2.26. The number of rotatable bonds is 8. The fourth-order valence-corrected chi connectivity index (χ4v) is 3.01. The lowest BCUT2D eigenvalue weighted by Crippen LogP contribution is -2.45. The van der Waals surface area contributed by atoms with Gasteiger partial charge in [0.15, 0.2) is 0 Å². The average molecular weight is 268 g/mol. The summed E-state index contributed by atoms with van der Waals surface area (Å²) >= 11 is 0. The van der Waals surface area contributed by atoms with Crippen molar-refractivity contribution in [3.05, 3.63) is 0 Å². The Bertz CT molecular complexity index is 259. The molecule has 0 aliphatic heterocycles. The highest BCUT2D eigenvalue weighted by atomic mass is 16.2. The van der Waals surface area contributed by atoms with Crippen LogP contribution in [0.25, 0.3) is 0 Å². The second-order valence-corrected chi connectivity index (χ2v) is 6.37. The first-order chi connectivity index (χ1) is 9.10. The normalized spacial score (nSPS) is 17.9. The lowest BCUT2D eigenvalue weighted by molar-refractivity contribution is -0.138. The third kappa shape index (κ3) is 5.13. The lowest BCUT2D eigenvalue weighted by Gasteiger charge is -2.32. The summed E-state index contributed by atoms with van der Waals surface area (Å²) < 4.78 is 0. The molecular weight excluding hydrogens is 236 g/mol. The van der Waals surface area contributed by atoms with E-state index in [1.165, 1.54) is 25.7 Å². The second kappa shape index (κ2) is 8.57. The molecule has 3 heteroatoms. The van der Waals surface area contributed by atoms with E-state index in [-0.39, 0.29) is 5.92 Å². The van der Waals surface area contributed by atoms with E-state index in [2.05, 4.69) is 25.7 Å². The molecule has 1 aliphatic carbocycles. The SMILES string of the molecule is CCCC(CN)C(=O)N(CCC(C)C)C1CCCC1. The van der Waals surface area contributed by atoms with Crippen molar-refractivity contribution in [2.75, 3.05) is 13.1 Å². The Hall–Kier alpha value is -0.570. The molecule has 1 amide bonds. The molecule has 0 aromatic heterocycles. The van der Waals surface area contributed by atoms with E-state index in [4.69, 9.17) is 5.73 Å². The van der Waals surface area contributed by atoms with Gasteiger partial charge >= 0.3 is 0 Å². The Morgan fingerprint density at radius 3 is 2.37 bits per heavy atom. The Labute approximate surface area is 118 Å². The maximum absolute atomic E-state index is 12.7. The molecule has 1 atom stereocenters. The van der Waals surface area contributed by atoms with Crippen LogP contribution in [0.5, 0.6) is 0 Å². The van der Waals surface area contributed by atoms with Crippen LogP contribution < -0.4 is 5.73 Å². The molecule has 0 aromatic carbocycles. The van der Waals surface area contributed by atoms with Gasteiger partial charge in [0.25, 0.3) is 0 Å². The average Bonchev–Trinajstić information content (AvgIpc) is 2.89. The van der Waals surface area contributed by atoms with Gasteiger partial charge in [0.05, 0.1) is 5.92 Å². The number of hydrogen-bond acceptors (Lipinski definition) is 2. The van der Waals surface area contributed by atoms with Crippen molar-refractivity contribution in [3.63, 3.8) is 0 Å². The summed E-state index contributed by atoms with van der Waals surface area (Å²) in [5.41, 5.74) is 5.80. The largest absolute Gasteiger partial charge is 0.339 e. The van der Waals surface area contributed by atoms with Crippen molar-refractivity contribution in [2.24, 2.45) is 17.6 Å². The first-order valence-electron chi connectivity index (χ1n) is 8.10. The van der Waals surface area contributed by atoms with Crippen LogP contribution >= 0.6 is 0 Å². The van der Waals surface area contributed by atoms with E-state index in [1.807, 2.05) is 0 Å². The highest BCUT2D eigenvalue weighted by molar-refractivity contribution is 5.79. The third-order valence-corrected chi connectivity index (χ3v) is 4.27. The molecule has 1 saturated carbocycles. The summed E-state index contributed by atoms with van der Waals surface area (Å²) in [5.74, 6) is 1.01. The van der Waals surface area contributed by atoms with Crippen LogP contribution in [0.3, 0.4) is 0 Å². The van der Waals surface area contributed by atoms with Crippen LogP contribution in [0.2, 0.25) is 0 Å². The standard InChI is InChI=1S/C16H32N2O/c1-4-7-14(12-17)16(19)18(11-10-13(2)3)15-8-5-6-9-15/h13-15H,4-12,17H2,1-3H3. The van der Waals surface area contributed by atoms with E-state index in [1.54, 1.807) is 0 Å². The molecule has 2 N–H and O–H groups in total. The van der Waals surface area contributed by atoms with Gasteiger partial charge in [0.2, 0.25) is 5.91 Å². The Morgan fingerprint density at radius 2 is 1.89 bits per heavy atom. The molecule has 1 aliphatic rings. The van der Waals surface area contributed by atoms with Gasteiger partial charge in [0.1, 0.15) is 0 Å². The van der Waals surface area contributed by atoms with Crippen LogP contribution in [0.1, 0.15) is 65.7 Å². The summed E-state index contributed by atoms with van der Waals surface area (Å²) in [6, 6.07) is 0.483. The van der Waals surface area contributed by atoms with Crippen LogP contribution in [0, 0.1) is 11.8 Å². The molecular formula is C16H32N2O. The van der Waals surface area contributed by atoms with Crippen LogP contribution in [0.4, 0.5) is 0 Å². The molecule has 19 heavy (non-hydrogen) atoms. The van der Waals surface area contributed by atoms with Gasteiger partial charge in [0, 0.05) is 19.1 Å². The third-order valence-electron chi connectivity index (χ3n) is 4.27. The number of carbonyl (C=O) groups is 1. The fraction of sp³-hybridized carbons (Fsp3) is 0.938. The van der Waals surface area contributed by atoms with Crippen LogP contribution in [-0.4, -0.2) is 29.9 Å². The fourth-order valence-electron chi connectivity index (χ4n) is 3.01. The predicted molar refractivity (Wildman–Crippen MR) is 80.9 cm³/mol. The van der Waals surface area contributed by atoms with Gasteiger partial charge in [-0.05, 0) is 31.6 Å². The summed E-state index contributed by atoms with van der Waals surface area (Å²) in [7, 11) is 0. The Balaban J connectivity index is 2.66. The van der Waals surface area contributed by atoms with Crippen molar-refractivity contribution >= 4 is 5.91 Å². The second-order valence-electron chi connectivity index (χ2n) is 6.37. The molecule has 0 heterocycles. The first-order valence-corrected chi connectivity index (χ1v) is 8.10. The van der Waals surface area contributed by atoms with Crippen LogP contribution in [-0.2, 0) is 4.79 Å². The summed E-state index contributed by atoms with van der Waals surface area (Å²) in [6.45, 7) is 8.00. The molecule has 0 radical (unpaired) electrons. The Morgan fingerprint density at radius 1 is 1.26 bits per heavy atom. The lowest BCUT2D eigenvalue weighted by atomic mass is 10.00. The molecule has 1 unspecified atom stereocenters. The zero-order chi connectivity index (χ0) is 14.3. The monoisotopic (exact) mass is 268 g/mol. The minimum Gasteiger partial charge on any atom is -0.339 e. The minimum atomic E-state index is 0.0396. The number of nitrogens with two attached hydrogens (primary N) is 1. The molecule has 1 fully saturated rings. The van der Waals surface area contributed by atoms with E-state index in [0.29, 0.717) is 24.4 Å². The van der Waals surface area contributed by atoms with E-state index in [9.17, 15) is 4.79 Å². The smallest absolute Gasteiger partial charge is 0.227 e. The molecule has 0 bridgehead atoms. The van der Waals surface area contributed by atoms with Crippen molar-refractivity contribution in [1.82, 2.24) is 4.90 Å². The first kappa shape index (κ1) is 16.5. The minimum absolute atomic E-state index is 0.0396. The summed E-state index contributed by atoms with van der Waals surface area (Å²) in [4.78, 5) is 14.9. The molecule has 1 rings (SSSR count). The van der Waals surface area contributed by atoms with Gasteiger partial charge in [-0.1, -0.05) is 40.0 Å². The summed E-state index contributed by atoms with van der Waals surface area (Å²) in [6.07, 6.45) is 8.00. The number of hydrogen-bond donors (Lipinski definition) is 1. The molecule has 0 spiro atoms. The molecule has 3 nitrogen and oxygen atoms in total. The number of amides is 1. The maximum Gasteiger partial charge on any atom is 0.227 e.